The summed E-state index contributed by atoms with van der Waals surface area (Å²) in [5.74, 6) is -0.239. The van der Waals surface area contributed by atoms with Gasteiger partial charge in [-0.3, -0.25) is 13.9 Å². The Bertz CT molecular complexity index is 1370. The summed E-state index contributed by atoms with van der Waals surface area (Å²) in [6.07, 6.45) is 0.374. The third kappa shape index (κ3) is 7.38. The number of hydrogen-bond acceptors (Lipinski definition) is 5. The van der Waals surface area contributed by atoms with Crippen molar-refractivity contribution in [2.75, 3.05) is 24.5 Å². The lowest BCUT2D eigenvalue weighted by Gasteiger charge is -2.33. The molecule has 9 heteroatoms. The Balaban J connectivity index is 2.05. The second kappa shape index (κ2) is 13.3. The van der Waals surface area contributed by atoms with Crippen molar-refractivity contribution >= 4 is 27.5 Å². The average Bonchev–Trinajstić information content (AvgIpc) is 2.92. The average molecular weight is 552 g/mol. The molecule has 1 N–H and O–H groups in total. The van der Waals surface area contributed by atoms with Crippen LogP contribution in [0.4, 0.5) is 5.69 Å². The molecule has 0 saturated heterocycles. The third-order valence-electron chi connectivity index (χ3n) is 6.42. The summed E-state index contributed by atoms with van der Waals surface area (Å²) >= 11 is 0. The van der Waals surface area contributed by atoms with E-state index in [1.54, 1.807) is 36.4 Å². The molecule has 39 heavy (non-hydrogen) atoms. The van der Waals surface area contributed by atoms with Gasteiger partial charge in [-0.1, -0.05) is 54.4 Å². The van der Waals surface area contributed by atoms with Crippen molar-refractivity contribution in [1.29, 1.82) is 0 Å². The van der Waals surface area contributed by atoms with Crippen molar-refractivity contribution < 1.29 is 22.7 Å². The number of carbonyl (C=O) groups is 2. The number of likely N-dealkylation sites (N-methyl/N-ethyl adjacent to an activating group) is 1. The summed E-state index contributed by atoms with van der Waals surface area (Å²) in [4.78, 5) is 28.5. The number of benzene rings is 3. The zero-order chi connectivity index (χ0) is 28.6. The first-order chi connectivity index (χ1) is 18.6. The topological polar surface area (TPSA) is 96.0 Å². The summed E-state index contributed by atoms with van der Waals surface area (Å²) in [5.41, 5.74) is 3.18. The Labute approximate surface area is 231 Å². The molecule has 1 atom stereocenters. The highest BCUT2D eigenvalue weighted by molar-refractivity contribution is 7.92. The highest BCUT2D eigenvalue weighted by Crippen LogP contribution is 2.26. The maximum atomic E-state index is 14.0. The second-order valence-corrected chi connectivity index (χ2v) is 11.2. The Hall–Kier alpha value is -3.85. The first-order valence-corrected chi connectivity index (χ1v) is 14.4. The van der Waals surface area contributed by atoms with Gasteiger partial charge in [-0.2, -0.15) is 0 Å². The number of rotatable bonds is 12. The smallest absolute Gasteiger partial charge is 0.264 e. The summed E-state index contributed by atoms with van der Waals surface area (Å²) < 4.78 is 34.1. The van der Waals surface area contributed by atoms with Gasteiger partial charge in [0.05, 0.1) is 17.7 Å². The van der Waals surface area contributed by atoms with E-state index in [1.165, 1.54) is 24.1 Å². The molecular weight excluding hydrogens is 514 g/mol. The number of carbonyl (C=O) groups excluding carboxylic acids is 2. The van der Waals surface area contributed by atoms with Gasteiger partial charge in [-0.05, 0) is 69.2 Å². The normalized spacial score (nSPS) is 11.9. The predicted molar refractivity (Wildman–Crippen MR) is 153 cm³/mol. The lowest BCUT2D eigenvalue weighted by Crippen LogP contribution is -2.52. The SMILES string of the molecule is CCNC(=O)C(CC)N(Cc1cccc(C)c1)C(=O)CN(c1ccc(C)cc1)S(=O)(=O)c1ccc(OC)cc1. The van der Waals surface area contributed by atoms with Crippen LogP contribution in [-0.2, 0) is 26.2 Å². The van der Waals surface area contributed by atoms with E-state index in [2.05, 4.69) is 5.32 Å². The van der Waals surface area contributed by atoms with E-state index in [0.29, 0.717) is 24.4 Å². The van der Waals surface area contributed by atoms with Crippen LogP contribution in [0.25, 0.3) is 0 Å². The maximum absolute atomic E-state index is 14.0. The van der Waals surface area contributed by atoms with Gasteiger partial charge in [0.15, 0.2) is 0 Å². The summed E-state index contributed by atoms with van der Waals surface area (Å²) in [7, 11) is -2.63. The molecule has 0 radical (unpaired) electrons. The second-order valence-electron chi connectivity index (χ2n) is 9.35. The number of sulfonamides is 1. The van der Waals surface area contributed by atoms with Crippen LogP contribution < -0.4 is 14.4 Å². The van der Waals surface area contributed by atoms with Crippen LogP contribution in [0.5, 0.6) is 5.75 Å². The molecule has 0 bridgehead atoms. The number of amides is 2. The molecule has 3 aromatic carbocycles. The van der Waals surface area contributed by atoms with Gasteiger partial charge in [-0.25, -0.2) is 8.42 Å². The summed E-state index contributed by atoms with van der Waals surface area (Å²) in [6, 6.07) is 19.9. The van der Waals surface area contributed by atoms with Crippen molar-refractivity contribution in [2.24, 2.45) is 0 Å². The molecule has 0 fully saturated rings. The fraction of sp³-hybridized carbons (Fsp3) is 0.333. The first kappa shape index (κ1) is 29.7. The number of nitrogens with one attached hydrogen (secondary N) is 1. The van der Waals surface area contributed by atoms with Crippen molar-refractivity contribution in [3.05, 3.63) is 89.5 Å². The molecule has 3 aromatic rings. The fourth-order valence-corrected chi connectivity index (χ4v) is 5.75. The van der Waals surface area contributed by atoms with E-state index in [-0.39, 0.29) is 17.3 Å². The number of methoxy groups -OCH3 is 1. The van der Waals surface area contributed by atoms with Crippen LogP contribution >= 0.6 is 0 Å². The van der Waals surface area contributed by atoms with Gasteiger partial charge in [0.25, 0.3) is 10.0 Å². The van der Waals surface area contributed by atoms with Crippen LogP contribution in [-0.4, -0.2) is 51.4 Å². The maximum Gasteiger partial charge on any atom is 0.264 e. The minimum absolute atomic E-state index is 0.0256. The molecule has 0 aliphatic carbocycles. The van der Waals surface area contributed by atoms with Gasteiger partial charge in [-0.15, -0.1) is 0 Å². The Morgan fingerprint density at radius 2 is 1.59 bits per heavy atom. The van der Waals surface area contributed by atoms with E-state index in [1.807, 2.05) is 52.0 Å². The van der Waals surface area contributed by atoms with Crippen molar-refractivity contribution in [3.8, 4) is 5.75 Å². The van der Waals surface area contributed by atoms with Crippen LogP contribution in [0, 0.1) is 13.8 Å². The lowest BCUT2D eigenvalue weighted by atomic mass is 10.1. The molecule has 208 valence electrons. The van der Waals surface area contributed by atoms with Gasteiger partial charge in [0, 0.05) is 13.1 Å². The quantitative estimate of drug-likeness (QED) is 0.359. The molecule has 8 nitrogen and oxygen atoms in total. The highest BCUT2D eigenvalue weighted by atomic mass is 32.2. The fourth-order valence-electron chi connectivity index (χ4n) is 4.33. The number of anilines is 1. The van der Waals surface area contributed by atoms with E-state index < -0.39 is 28.5 Å². The zero-order valence-corrected chi connectivity index (χ0v) is 24.0. The van der Waals surface area contributed by atoms with Crippen molar-refractivity contribution in [3.63, 3.8) is 0 Å². The number of hydrogen-bond donors (Lipinski definition) is 1. The van der Waals surface area contributed by atoms with Gasteiger partial charge >= 0.3 is 0 Å². The van der Waals surface area contributed by atoms with Gasteiger partial charge in [0.1, 0.15) is 18.3 Å². The van der Waals surface area contributed by atoms with Crippen LogP contribution in [0.3, 0.4) is 0 Å². The predicted octanol–water partition coefficient (Wildman–Crippen LogP) is 4.45. The zero-order valence-electron chi connectivity index (χ0n) is 23.2. The van der Waals surface area contributed by atoms with Crippen LogP contribution in [0.1, 0.15) is 37.0 Å². The van der Waals surface area contributed by atoms with E-state index >= 15 is 0 Å². The Morgan fingerprint density at radius 1 is 0.923 bits per heavy atom. The molecule has 0 aromatic heterocycles. The number of ether oxygens (including phenoxy) is 1. The van der Waals surface area contributed by atoms with Gasteiger partial charge < -0.3 is 15.0 Å². The molecule has 1 unspecified atom stereocenters. The molecule has 0 aliphatic heterocycles. The lowest BCUT2D eigenvalue weighted by molar-refractivity contribution is -0.140. The van der Waals surface area contributed by atoms with Crippen LogP contribution in [0.2, 0.25) is 0 Å². The first-order valence-electron chi connectivity index (χ1n) is 13.0. The molecule has 0 aliphatic rings. The largest absolute Gasteiger partial charge is 0.497 e. The highest BCUT2D eigenvalue weighted by Gasteiger charge is 2.33. The monoisotopic (exact) mass is 551 g/mol. The molecular formula is C30H37N3O5S. The van der Waals surface area contributed by atoms with E-state index in [0.717, 1.165) is 21.0 Å². The number of nitrogens with zero attached hydrogens (tertiary/aromatic N) is 2. The summed E-state index contributed by atoms with van der Waals surface area (Å²) in [5, 5.41) is 2.81. The van der Waals surface area contributed by atoms with Gasteiger partial charge in [0.2, 0.25) is 11.8 Å². The minimum atomic E-state index is -4.13. The number of aryl methyl sites for hydroxylation is 2. The van der Waals surface area contributed by atoms with Crippen LogP contribution in [0.15, 0.2) is 77.7 Å². The standard InChI is InChI=1S/C30H37N3O5S/c1-6-28(30(35)31-7-2)32(20-24-10-8-9-23(4)19-24)29(34)21-33(25-13-11-22(3)12-14-25)39(36,37)27-17-15-26(38-5)16-18-27/h8-19,28H,6-7,20-21H2,1-5H3,(H,31,35). The molecule has 0 heterocycles. The minimum Gasteiger partial charge on any atom is -0.497 e. The van der Waals surface area contributed by atoms with Crippen molar-refractivity contribution in [1.82, 2.24) is 10.2 Å². The third-order valence-corrected chi connectivity index (χ3v) is 8.21. The molecule has 2 amide bonds. The van der Waals surface area contributed by atoms with E-state index in [4.69, 9.17) is 4.74 Å². The molecule has 0 saturated carbocycles. The molecule has 0 spiro atoms. The van der Waals surface area contributed by atoms with E-state index in [9.17, 15) is 18.0 Å². The Kier molecular flexibility index (Phi) is 10.1. The summed E-state index contributed by atoms with van der Waals surface area (Å²) in [6.45, 7) is 7.62. The Morgan fingerprint density at radius 3 is 2.15 bits per heavy atom. The molecule has 3 rings (SSSR count). The van der Waals surface area contributed by atoms with Crippen molar-refractivity contribution in [2.45, 2.75) is 51.6 Å².